The maximum atomic E-state index is 13.1. The van der Waals surface area contributed by atoms with E-state index in [1.165, 1.54) is 23.8 Å². The first-order chi connectivity index (χ1) is 13.0. The summed E-state index contributed by atoms with van der Waals surface area (Å²) < 4.78 is 13.1. The van der Waals surface area contributed by atoms with Crippen LogP contribution < -0.4 is 10.6 Å². The number of carbonyl (C=O) groups excluding carboxylic acids is 1. The summed E-state index contributed by atoms with van der Waals surface area (Å²) >= 11 is 5.97. The van der Waals surface area contributed by atoms with Crippen LogP contribution in [0.1, 0.15) is 22.7 Å². The molecule has 1 amide bonds. The number of aryl methyl sites for hydroxylation is 1. The highest BCUT2D eigenvalue weighted by molar-refractivity contribution is 6.33. The number of carbonyl (C=O) groups is 1. The molecule has 27 heavy (non-hydrogen) atoms. The van der Waals surface area contributed by atoms with Crippen molar-refractivity contribution in [3.63, 3.8) is 0 Å². The van der Waals surface area contributed by atoms with Gasteiger partial charge in [-0.15, -0.1) is 0 Å². The SMILES string of the molecule is Cc1ccc([C@@H](NCC(=O)Nc2ccc(F)cc2Cl)c2ccccc2)cc1. The molecule has 0 radical (unpaired) electrons. The van der Waals surface area contributed by atoms with Crippen LogP contribution in [0.3, 0.4) is 0 Å². The molecule has 0 aliphatic rings. The number of hydrogen-bond donors (Lipinski definition) is 2. The van der Waals surface area contributed by atoms with Crippen LogP contribution in [0.2, 0.25) is 5.02 Å². The number of nitrogens with one attached hydrogen (secondary N) is 2. The molecular formula is C22H20ClFN2O. The third kappa shape index (κ3) is 5.16. The van der Waals surface area contributed by atoms with Gasteiger partial charge in [-0.05, 0) is 36.2 Å². The first-order valence-electron chi connectivity index (χ1n) is 8.63. The van der Waals surface area contributed by atoms with Crippen LogP contribution in [0.4, 0.5) is 10.1 Å². The van der Waals surface area contributed by atoms with Crippen LogP contribution in [-0.2, 0) is 4.79 Å². The van der Waals surface area contributed by atoms with E-state index in [-0.39, 0.29) is 23.5 Å². The van der Waals surface area contributed by atoms with Gasteiger partial charge < -0.3 is 5.32 Å². The number of amides is 1. The molecule has 3 rings (SSSR count). The van der Waals surface area contributed by atoms with Crippen LogP contribution in [0.15, 0.2) is 72.8 Å². The average molecular weight is 383 g/mol. The summed E-state index contributed by atoms with van der Waals surface area (Å²) in [5.74, 6) is -0.698. The van der Waals surface area contributed by atoms with Crippen molar-refractivity contribution in [2.75, 3.05) is 11.9 Å². The van der Waals surface area contributed by atoms with Gasteiger partial charge in [-0.2, -0.15) is 0 Å². The highest BCUT2D eigenvalue weighted by atomic mass is 35.5. The number of hydrogen-bond acceptors (Lipinski definition) is 2. The van der Waals surface area contributed by atoms with Crippen LogP contribution in [0, 0.1) is 12.7 Å². The van der Waals surface area contributed by atoms with Gasteiger partial charge in [0.25, 0.3) is 0 Å². The van der Waals surface area contributed by atoms with E-state index in [2.05, 4.69) is 22.8 Å². The average Bonchev–Trinajstić information content (AvgIpc) is 2.66. The summed E-state index contributed by atoms with van der Waals surface area (Å²) in [6.45, 7) is 2.12. The Kier molecular flexibility index (Phi) is 6.22. The highest BCUT2D eigenvalue weighted by Crippen LogP contribution is 2.24. The molecule has 138 valence electrons. The van der Waals surface area contributed by atoms with Gasteiger partial charge in [0, 0.05) is 0 Å². The Bertz CT molecular complexity index is 913. The molecule has 0 aliphatic carbocycles. The molecule has 3 aromatic rings. The van der Waals surface area contributed by atoms with Crippen molar-refractivity contribution < 1.29 is 9.18 Å². The van der Waals surface area contributed by atoms with Gasteiger partial charge in [0.05, 0.1) is 23.3 Å². The molecular weight excluding hydrogens is 363 g/mol. The molecule has 3 nitrogen and oxygen atoms in total. The molecule has 0 bridgehead atoms. The van der Waals surface area contributed by atoms with Gasteiger partial charge in [0.2, 0.25) is 5.91 Å². The summed E-state index contributed by atoms with van der Waals surface area (Å²) in [7, 11) is 0. The van der Waals surface area contributed by atoms with Gasteiger partial charge in [0.15, 0.2) is 0 Å². The molecule has 0 saturated carbocycles. The summed E-state index contributed by atoms with van der Waals surface area (Å²) in [5, 5.41) is 6.17. The first-order valence-corrected chi connectivity index (χ1v) is 9.00. The van der Waals surface area contributed by atoms with Crippen molar-refractivity contribution in [3.8, 4) is 0 Å². The highest BCUT2D eigenvalue weighted by Gasteiger charge is 2.15. The lowest BCUT2D eigenvalue weighted by Crippen LogP contribution is -2.32. The molecule has 3 aromatic carbocycles. The second-order valence-electron chi connectivity index (χ2n) is 6.31. The second kappa shape index (κ2) is 8.80. The molecule has 0 heterocycles. The Labute approximate surface area is 163 Å². The number of anilines is 1. The van der Waals surface area contributed by atoms with E-state index in [9.17, 15) is 9.18 Å². The fourth-order valence-electron chi connectivity index (χ4n) is 2.81. The topological polar surface area (TPSA) is 41.1 Å². The molecule has 0 fully saturated rings. The van der Waals surface area contributed by atoms with Crippen LogP contribution >= 0.6 is 11.6 Å². The zero-order chi connectivity index (χ0) is 19.2. The minimum absolute atomic E-state index is 0.0845. The Morgan fingerprint density at radius 3 is 2.33 bits per heavy atom. The molecule has 2 N–H and O–H groups in total. The molecule has 0 saturated heterocycles. The lowest BCUT2D eigenvalue weighted by Gasteiger charge is -2.20. The van der Waals surface area contributed by atoms with E-state index < -0.39 is 5.82 Å². The standard InChI is InChI=1S/C22H20ClFN2O/c1-15-7-9-17(10-8-15)22(16-5-3-2-4-6-16)25-14-21(27)26-20-12-11-18(24)13-19(20)23/h2-13,22,25H,14H2,1H3,(H,26,27)/t22-/m0/s1. The summed E-state index contributed by atoms with van der Waals surface area (Å²) in [5.41, 5.74) is 3.69. The van der Waals surface area contributed by atoms with Crippen LogP contribution in [0.25, 0.3) is 0 Å². The van der Waals surface area contributed by atoms with Crippen molar-refractivity contribution in [1.82, 2.24) is 5.32 Å². The van der Waals surface area contributed by atoms with Crippen LogP contribution in [0.5, 0.6) is 0 Å². The summed E-state index contributed by atoms with van der Waals surface area (Å²) in [6.07, 6.45) is 0. The minimum Gasteiger partial charge on any atom is -0.324 e. The van der Waals surface area contributed by atoms with Crippen molar-refractivity contribution in [2.45, 2.75) is 13.0 Å². The summed E-state index contributed by atoms with van der Waals surface area (Å²) in [4.78, 5) is 12.3. The lowest BCUT2D eigenvalue weighted by atomic mass is 9.98. The predicted octanol–water partition coefficient (Wildman–Crippen LogP) is 5.11. The Balaban J connectivity index is 1.72. The van der Waals surface area contributed by atoms with Crippen LogP contribution in [-0.4, -0.2) is 12.5 Å². The molecule has 0 unspecified atom stereocenters. The number of rotatable bonds is 6. The molecule has 0 spiro atoms. The monoisotopic (exact) mass is 382 g/mol. The summed E-state index contributed by atoms with van der Waals surface area (Å²) in [6, 6.07) is 21.9. The van der Waals surface area contributed by atoms with E-state index in [1.807, 2.05) is 49.4 Å². The maximum absolute atomic E-state index is 13.1. The lowest BCUT2D eigenvalue weighted by molar-refractivity contribution is -0.115. The van der Waals surface area contributed by atoms with Gasteiger partial charge >= 0.3 is 0 Å². The first kappa shape index (κ1) is 19.1. The van der Waals surface area contributed by atoms with Gasteiger partial charge in [0.1, 0.15) is 5.82 Å². The molecule has 0 aromatic heterocycles. The Hall–Kier alpha value is -2.69. The zero-order valence-electron chi connectivity index (χ0n) is 14.9. The molecule has 1 atom stereocenters. The van der Waals surface area contributed by atoms with Crippen molar-refractivity contribution >= 4 is 23.2 Å². The number of benzene rings is 3. The Morgan fingerprint density at radius 2 is 1.67 bits per heavy atom. The van der Waals surface area contributed by atoms with Gasteiger partial charge in [-0.3, -0.25) is 10.1 Å². The molecule has 0 aliphatic heterocycles. The molecule has 5 heteroatoms. The van der Waals surface area contributed by atoms with Crippen molar-refractivity contribution in [3.05, 3.63) is 100 Å². The van der Waals surface area contributed by atoms with E-state index in [0.717, 1.165) is 11.1 Å². The normalized spacial score (nSPS) is 11.8. The van der Waals surface area contributed by atoms with Gasteiger partial charge in [-0.1, -0.05) is 71.8 Å². The third-order valence-corrected chi connectivity index (χ3v) is 4.53. The smallest absolute Gasteiger partial charge is 0.238 e. The fraction of sp³-hybridized carbons (Fsp3) is 0.136. The predicted molar refractivity (Wildman–Crippen MR) is 108 cm³/mol. The largest absolute Gasteiger partial charge is 0.324 e. The second-order valence-corrected chi connectivity index (χ2v) is 6.71. The zero-order valence-corrected chi connectivity index (χ0v) is 15.6. The minimum atomic E-state index is -0.445. The van der Waals surface area contributed by atoms with Crippen molar-refractivity contribution in [2.24, 2.45) is 0 Å². The van der Waals surface area contributed by atoms with E-state index in [4.69, 9.17) is 11.6 Å². The van der Waals surface area contributed by atoms with E-state index >= 15 is 0 Å². The maximum Gasteiger partial charge on any atom is 0.238 e. The van der Waals surface area contributed by atoms with Gasteiger partial charge in [-0.25, -0.2) is 4.39 Å². The van der Waals surface area contributed by atoms with E-state index in [0.29, 0.717) is 5.69 Å². The Morgan fingerprint density at radius 1 is 1.00 bits per heavy atom. The quantitative estimate of drug-likeness (QED) is 0.622. The van der Waals surface area contributed by atoms with E-state index in [1.54, 1.807) is 0 Å². The van der Waals surface area contributed by atoms with Crippen molar-refractivity contribution in [1.29, 1.82) is 0 Å². The fourth-order valence-corrected chi connectivity index (χ4v) is 3.03. The number of halogens is 2. The third-order valence-electron chi connectivity index (χ3n) is 4.22.